The molecule has 3 nitrogen and oxygen atoms in total. The van der Waals surface area contributed by atoms with Crippen molar-refractivity contribution in [3.05, 3.63) is 146 Å². The second-order valence-electron chi connectivity index (χ2n) is 11.6. The van der Waals surface area contributed by atoms with Gasteiger partial charge in [0.15, 0.2) is 5.58 Å². The summed E-state index contributed by atoms with van der Waals surface area (Å²) in [4.78, 5) is 5.03. The average molecular weight is 593 g/mol. The zero-order valence-corrected chi connectivity index (χ0v) is 24.9. The lowest BCUT2D eigenvalue weighted by Crippen LogP contribution is -1.93. The molecule has 210 valence electrons. The molecule has 3 aromatic heterocycles. The first-order valence-electron chi connectivity index (χ1n) is 15.1. The molecule has 7 aromatic carbocycles. The number of hydrogen-bond donors (Lipinski definition) is 0. The molecular weight excluding hydrogens is 569 g/mol. The molecule has 0 radical (unpaired) electrons. The van der Waals surface area contributed by atoms with E-state index in [1.165, 1.54) is 58.3 Å². The van der Waals surface area contributed by atoms with Gasteiger partial charge in [-0.05, 0) is 82.6 Å². The molecule has 0 atom stereocenters. The number of rotatable bonds is 3. The molecule has 0 fully saturated rings. The second kappa shape index (κ2) is 9.39. The number of thiophene rings is 1. The monoisotopic (exact) mass is 592 g/mol. The maximum absolute atomic E-state index is 6.34. The van der Waals surface area contributed by atoms with E-state index < -0.39 is 0 Å². The van der Waals surface area contributed by atoms with Gasteiger partial charge in [-0.1, -0.05) is 84.9 Å². The predicted molar refractivity (Wildman–Crippen MR) is 190 cm³/mol. The van der Waals surface area contributed by atoms with Gasteiger partial charge in [-0.15, -0.1) is 11.3 Å². The normalized spacial score (nSPS) is 12.0. The number of fused-ring (bicyclic) bond motifs is 9. The van der Waals surface area contributed by atoms with Crippen LogP contribution in [0.5, 0.6) is 0 Å². The van der Waals surface area contributed by atoms with Crippen LogP contribution in [0, 0.1) is 0 Å². The van der Waals surface area contributed by atoms with Gasteiger partial charge in [0.25, 0.3) is 0 Å². The molecule has 3 heterocycles. The molecule has 0 unspecified atom stereocenters. The van der Waals surface area contributed by atoms with Crippen molar-refractivity contribution in [3.63, 3.8) is 0 Å². The minimum atomic E-state index is 0.643. The van der Waals surface area contributed by atoms with Crippen LogP contribution in [0.15, 0.2) is 150 Å². The fourth-order valence-corrected chi connectivity index (χ4v) is 8.07. The van der Waals surface area contributed by atoms with Crippen LogP contribution < -0.4 is 0 Å². The van der Waals surface area contributed by atoms with Gasteiger partial charge in [-0.3, -0.25) is 0 Å². The number of nitrogens with zero attached hydrogens (tertiary/aromatic N) is 2. The molecule has 4 heteroatoms. The van der Waals surface area contributed by atoms with Crippen molar-refractivity contribution >= 4 is 75.2 Å². The Morgan fingerprint density at radius 2 is 1.29 bits per heavy atom. The minimum absolute atomic E-state index is 0.643. The van der Waals surface area contributed by atoms with E-state index in [9.17, 15) is 0 Å². The van der Waals surface area contributed by atoms with E-state index in [1.807, 2.05) is 6.07 Å². The molecule has 45 heavy (non-hydrogen) atoms. The Kier molecular flexibility index (Phi) is 5.16. The average Bonchev–Trinajstić information content (AvgIpc) is 3.79. The number of benzene rings is 7. The Hall–Kier alpha value is -5.71. The summed E-state index contributed by atoms with van der Waals surface area (Å²) in [7, 11) is 0. The van der Waals surface area contributed by atoms with Gasteiger partial charge in [0, 0.05) is 42.2 Å². The van der Waals surface area contributed by atoms with Crippen LogP contribution in [0.25, 0.3) is 92.1 Å². The number of para-hydroxylation sites is 1. The van der Waals surface area contributed by atoms with Crippen molar-refractivity contribution < 1.29 is 4.42 Å². The first-order chi connectivity index (χ1) is 22.3. The Balaban J connectivity index is 1.15. The van der Waals surface area contributed by atoms with E-state index in [0.29, 0.717) is 5.89 Å². The van der Waals surface area contributed by atoms with Crippen LogP contribution in [0.2, 0.25) is 0 Å². The molecule has 10 rings (SSSR count). The van der Waals surface area contributed by atoms with E-state index in [0.717, 1.165) is 27.9 Å². The van der Waals surface area contributed by atoms with E-state index in [4.69, 9.17) is 9.40 Å². The van der Waals surface area contributed by atoms with Gasteiger partial charge in [-0.2, -0.15) is 0 Å². The van der Waals surface area contributed by atoms with E-state index in [1.54, 1.807) is 11.3 Å². The highest BCUT2D eigenvalue weighted by Gasteiger charge is 2.18. The Morgan fingerprint density at radius 3 is 2.16 bits per heavy atom. The second-order valence-corrected chi connectivity index (χ2v) is 12.7. The van der Waals surface area contributed by atoms with Gasteiger partial charge in [-0.25, -0.2) is 4.98 Å². The molecule has 0 amide bonds. The highest BCUT2D eigenvalue weighted by Crippen LogP contribution is 2.42. The van der Waals surface area contributed by atoms with E-state index in [2.05, 4.69) is 144 Å². The largest absolute Gasteiger partial charge is 0.436 e. The maximum atomic E-state index is 6.34. The summed E-state index contributed by atoms with van der Waals surface area (Å²) in [6.45, 7) is 0. The van der Waals surface area contributed by atoms with Crippen LogP contribution >= 0.6 is 11.3 Å². The van der Waals surface area contributed by atoms with Gasteiger partial charge in [0.05, 0.1) is 11.0 Å². The maximum Gasteiger partial charge on any atom is 0.227 e. The summed E-state index contributed by atoms with van der Waals surface area (Å²) in [5, 5.41) is 7.39. The third-order valence-electron chi connectivity index (χ3n) is 9.01. The molecular formula is C41H24N2OS. The van der Waals surface area contributed by atoms with Crippen molar-refractivity contribution in [2.24, 2.45) is 0 Å². The summed E-state index contributed by atoms with van der Waals surface area (Å²) in [5.74, 6) is 0.643. The third-order valence-corrected chi connectivity index (χ3v) is 10.1. The summed E-state index contributed by atoms with van der Waals surface area (Å²) in [5.41, 5.74) is 8.63. The molecule has 10 aromatic rings. The quantitative estimate of drug-likeness (QED) is 0.204. The van der Waals surface area contributed by atoms with Gasteiger partial charge in [0.2, 0.25) is 5.89 Å². The fraction of sp³-hybridized carbons (Fsp3) is 0. The number of hydrogen-bond acceptors (Lipinski definition) is 3. The summed E-state index contributed by atoms with van der Waals surface area (Å²) in [6, 6.07) is 52.0. The fourth-order valence-electron chi connectivity index (χ4n) is 6.97. The number of oxazole rings is 1. The molecule has 0 aliphatic carbocycles. The van der Waals surface area contributed by atoms with Crippen LogP contribution in [-0.2, 0) is 0 Å². The van der Waals surface area contributed by atoms with Crippen molar-refractivity contribution in [1.82, 2.24) is 9.55 Å². The summed E-state index contributed by atoms with van der Waals surface area (Å²) < 4.78 is 11.2. The van der Waals surface area contributed by atoms with Crippen molar-refractivity contribution in [2.45, 2.75) is 0 Å². The molecule has 0 saturated carbocycles. The molecule has 0 saturated heterocycles. The number of aromatic nitrogens is 2. The highest BCUT2D eigenvalue weighted by molar-refractivity contribution is 7.26. The molecule has 0 aliphatic rings. The Labute approximate surface area is 262 Å². The lowest BCUT2D eigenvalue weighted by Gasteiger charge is -2.09. The van der Waals surface area contributed by atoms with Crippen LogP contribution in [0.4, 0.5) is 0 Å². The third kappa shape index (κ3) is 3.67. The first kappa shape index (κ1) is 24.7. The standard InChI is InChI=1S/C41H24N2OS/c1-2-11-29(12-3-1)43-33-15-8-14-30(38(33)32-23-27-9-4-5-10-28(27)24-34(32)43)25-17-19-26(20-18-25)41-42-40-35(44-41)21-22-37-39(40)31-13-6-7-16-36(31)45-37/h1-24H. The molecule has 0 aliphatic heterocycles. The van der Waals surface area contributed by atoms with Crippen molar-refractivity contribution in [2.75, 3.05) is 0 Å². The SMILES string of the molecule is c1ccc(-n2c3cc4ccccc4cc3c3c(-c4ccc(-c5nc6c(ccc7sc8ccccc8c76)o5)cc4)cccc32)cc1. The van der Waals surface area contributed by atoms with Crippen LogP contribution in [-0.4, -0.2) is 9.55 Å². The Morgan fingerprint density at radius 1 is 0.533 bits per heavy atom. The minimum Gasteiger partial charge on any atom is -0.436 e. The zero-order chi connectivity index (χ0) is 29.5. The lowest BCUT2D eigenvalue weighted by atomic mass is 9.97. The zero-order valence-electron chi connectivity index (χ0n) is 24.1. The highest BCUT2D eigenvalue weighted by atomic mass is 32.1. The van der Waals surface area contributed by atoms with Gasteiger partial charge in [0.1, 0.15) is 5.52 Å². The molecule has 0 spiro atoms. The summed E-state index contributed by atoms with van der Waals surface area (Å²) >= 11 is 1.80. The van der Waals surface area contributed by atoms with Gasteiger partial charge < -0.3 is 8.98 Å². The van der Waals surface area contributed by atoms with E-state index in [-0.39, 0.29) is 0 Å². The molecule has 0 N–H and O–H groups in total. The van der Waals surface area contributed by atoms with Crippen LogP contribution in [0.3, 0.4) is 0 Å². The van der Waals surface area contributed by atoms with Crippen LogP contribution in [0.1, 0.15) is 0 Å². The molecule has 0 bridgehead atoms. The van der Waals surface area contributed by atoms with Gasteiger partial charge >= 0.3 is 0 Å². The Bertz CT molecular complexity index is 2750. The first-order valence-corrected chi connectivity index (χ1v) is 15.9. The summed E-state index contributed by atoms with van der Waals surface area (Å²) in [6.07, 6.45) is 0. The smallest absolute Gasteiger partial charge is 0.227 e. The van der Waals surface area contributed by atoms with E-state index >= 15 is 0 Å². The van der Waals surface area contributed by atoms with Crippen molar-refractivity contribution in [3.8, 4) is 28.3 Å². The topological polar surface area (TPSA) is 31.0 Å². The van der Waals surface area contributed by atoms with Crippen molar-refractivity contribution in [1.29, 1.82) is 0 Å². The predicted octanol–water partition coefficient (Wildman–Crippen LogP) is 11.8. The lowest BCUT2D eigenvalue weighted by molar-refractivity contribution is 0.620.